The van der Waals surface area contributed by atoms with Gasteiger partial charge >= 0.3 is 5.97 Å². The van der Waals surface area contributed by atoms with Crippen LogP contribution < -0.4 is 4.74 Å². The largest absolute Gasteiger partial charge is 0.508 e. The fourth-order valence-corrected chi connectivity index (χ4v) is 6.55. The first-order valence-electron chi connectivity index (χ1n) is 10.9. The molecule has 0 fully saturated rings. The summed E-state index contributed by atoms with van der Waals surface area (Å²) in [6.07, 6.45) is 0. The maximum absolute atomic E-state index is 14.8. The van der Waals surface area contributed by atoms with Crippen LogP contribution in [-0.2, 0) is 20.2 Å². The second kappa shape index (κ2) is 7.93. The van der Waals surface area contributed by atoms with E-state index in [-0.39, 0.29) is 28.2 Å². The van der Waals surface area contributed by atoms with Crippen molar-refractivity contribution in [1.82, 2.24) is 0 Å². The molecule has 7 nitrogen and oxygen atoms in total. The number of halogens is 5. The number of phenols is 2. The minimum absolute atomic E-state index is 0.0305. The zero-order valence-corrected chi connectivity index (χ0v) is 19.7. The Morgan fingerprint density at radius 2 is 1.33 bits per heavy atom. The van der Waals surface area contributed by atoms with E-state index in [0.29, 0.717) is 6.07 Å². The van der Waals surface area contributed by atoms with Crippen molar-refractivity contribution in [2.75, 3.05) is 0 Å². The van der Waals surface area contributed by atoms with E-state index < -0.39 is 77.3 Å². The van der Waals surface area contributed by atoms with Crippen molar-refractivity contribution in [1.29, 1.82) is 0 Å². The summed E-state index contributed by atoms with van der Waals surface area (Å²) in [6, 6.07) is 10.7. The molecule has 4 aromatic rings. The number of benzene rings is 4. The molecular weight excluding hydrogens is 551 g/mol. The van der Waals surface area contributed by atoms with Crippen LogP contribution in [0.3, 0.4) is 0 Å². The number of ether oxygens (including phenoxy) is 2. The molecule has 2 aliphatic heterocycles. The third-order valence-electron chi connectivity index (χ3n) is 6.47. The van der Waals surface area contributed by atoms with E-state index in [9.17, 15) is 45.4 Å². The topological polar surface area (TPSA) is 110 Å². The van der Waals surface area contributed by atoms with E-state index in [0.717, 1.165) is 12.1 Å². The van der Waals surface area contributed by atoms with Crippen LogP contribution in [0, 0.1) is 29.1 Å². The highest BCUT2D eigenvalue weighted by Gasteiger charge is 2.56. The van der Waals surface area contributed by atoms with Gasteiger partial charge in [-0.1, -0.05) is 18.2 Å². The van der Waals surface area contributed by atoms with Crippen molar-refractivity contribution >= 4 is 15.8 Å². The van der Waals surface area contributed by atoms with Crippen molar-refractivity contribution in [2.24, 2.45) is 0 Å². The Balaban J connectivity index is 1.77. The van der Waals surface area contributed by atoms with Crippen LogP contribution in [0.5, 0.6) is 23.0 Å². The van der Waals surface area contributed by atoms with Crippen LogP contribution >= 0.6 is 0 Å². The lowest BCUT2D eigenvalue weighted by Crippen LogP contribution is -2.35. The van der Waals surface area contributed by atoms with Crippen molar-refractivity contribution < 1.29 is 54.9 Å². The second-order valence-corrected chi connectivity index (χ2v) is 10.5. The summed E-state index contributed by atoms with van der Waals surface area (Å²) in [5.41, 5.74) is -2.81. The van der Waals surface area contributed by atoms with E-state index in [1.54, 1.807) is 0 Å². The molecule has 0 amide bonds. The molecule has 0 bridgehead atoms. The van der Waals surface area contributed by atoms with Crippen molar-refractivity contribution in [2.45, 2.75) is 15.4 Å². The summed E-state index contributed by atoms with van der Waals surface area (Å²) in [5.74, 6) is -15.6. The van der Waals surface area contributed by atoms with Crippen LogP contribution in [-0.4, -0.2) is 24.6 Å². The Bertz CT molecular complexity index is 1860. The Morgan fingerprint density at radius 1 is 0.718 bits per heavy atom. The number of fused-ring (bicyclic) bond motifs is 6. The molecule has 1 spiro atoms. The third kappa shape index (κ3) is 3.13. The number of esters is 1. The smallest absolute Gasteiger partial charge is 0.340 e. The number of aromatic hydroxyl groups is 2. The van der Waals surface area contributed by atoms with E-state index in [2.05, 4.69) is 0 Å². The van der Waals surface area contributed by atoms with Gasteiger partial charge in [-0.15, -0.1) is 0 Å². The summed E-state index contributed by atoms with van der Waals surface area (Å²) < 4.78 is 110. The lowest BCUT2D eigenvalue weighted by atomic mass is 9.77. The van der Waals surface area contributed by atoms with Gasteiger partial charge in [-0.3, -0.25) is 0 Å². The van der Waals surface area contributed by atoms with Crippen LogP contribution in [0.15, 0.2) is 64.4 Å². The van der Waals surface area contributed by atoms with Gasteiger partial charge in [0.2, 0.25) is 15.7 Å². The fourth-order valence-electron chi connectivity index (χ4n) is 4.89. The first-order chi connectivity index (χ1) is 18.4. The van der Waals surface area contributed by atoms with Gasteiger partial charge in [-0.05, 0) is 24.3 Å². The molecule has 1 unspecified atom stereocenters. The first kappa shape index (κ1) is 24.7. The molecule has 0 radical (unpaired) electrons. The van der Waals surface area contributed by atoms with Gasteiger partial charge in [-0.25, -0.2) is 35.2 Å². The van der Waals surface area contributed by atoms with Crippen LogP contribution in [0.4, 0.5) is 22.0 Å². The number of sulfone groups is 1. The Hall–Kier alpha value is -4.65. The van der Waals surface area contributed by atoms with Gasteiger partial charge in [0, 0.05) is 23.3 Å². The highest BCUT2D eigenvalue weighted by atomic mass is 32.2. The minimum atomic E-state index is -5.70. The Labute approximate surface area is 215 Å². The molecule has 6 rings (SSSR count). The van der Waals surface area contributed by atoms with Gasteiger partial charge < -0.3 is 19.7 Å². The quantitative estimate of drug-likeness (QED) is 0.114. The molecule has 198 valence electrons. The predicted octanol–water partition coefficient (Wildman–Crippen LogP) is 5.19. The van der Waals surface area contributed by atoms with Gasteiger partial charge in [0.15, 0.2) is 28.9 Å². The number of phenolic OH excluding ortho intramolecular Hbond substituents is 2. The lowest BCUT2D eigenvalue weighted by Gasteiger charge is -2.37. The molecule has 13 heteroatoms. The number of hydrogen-bond acceptors (Lipinski definition) is 7. The summed E-state index contributed by atoms with van der Waals surface area (Å²) in [6.45, 7) is 0. The van der Waals surface area contributed by atoms with E-state index in [4.69, 9.17) is 9.47 Å². The van der Waals surface area contributed by atoms with Crippen molar-refractivity contribution in [3.63, 3.8) is 0 Å². The zero-order valence-electron chi connectivity index (χ0n) is 18.9. The summed E-state index contributed by atoms with van der Waals surface area (Å²) >= 11 is 0. The molecule has 0 saturated carbocycles. The lowest BCUT2D eigenvalue weighted by molar-refractivity contribution is 0.0214. The highest BCUT2D eigenvalue weighted by molar-refractivity contribution is 7.91. The summed E-state index contributed by atoms with van der Waals surface area (Å²) in [4.78, 5) is 9.64. The highest BCUT2D eigenvalue weighted by Crippen LogP contribution is 2.59. The molecule has 0 saturated heterocycles. The molecule has 2 heterocycles. The number of carbonyl (C=O) groups excluding carboxylic acids is 1. The van der Waals surface area contributed by atoms with Gasteiger partial charge in [0.1, 0.15) is 27.9 Å². The summed E-state index contributed by atoms with van der Waals surface area (Å²) in [5, 5.41) is 20.4. The second-order valence-electron chi connectivity index (χ2n) is 8.62. The van der Waals surface area contributed by atoms with Gasteiger partial charge in [-0.2, -0.15) is 0 Å². The minimum Gasteiger partial charge on any atom is -0.508 e. The van der Waals surface area contributed by atoms with Crippen LogP contribution in [0.25, 0.3) is 0 Å². The molecule has 39 heavy (non-hydrogen) atoms. The number of rotatable bonds is 2. The standard InChI is InChI=1S/C26H11F5O7S/c27-19-20(28)22(30)24(23(31)21(19)29)39(35,36)17-9-11(33)8-16-18(17)26(14-6-5-10(32)7-15(14)37-16)13-4-2-1-3-12(13)25(34)38-26/h1-9,32-33H. The first-order valence-corrected chi connectivity index (χ1v) is 12.4. The normalized spacial score (nSPS) is 17.3. The molecule has 1 atom stereocenters. The monoisotopic (exact) mass is 562 g/mol. The SMILES string of the molecule is O=C1OC2(c3ccc(O)cc3Oc3cc(O)cc(S(=O)(=O)c4c(F)c(F)c(F)c(F)c4F)c32)c2ccccc21. The number of hydrogen-bond donors (Lipinski definition) is 2. The average molecular weight is 562 g/mol. The van der Waals surface area contributed by atoms with E-state index in [1.165, 1.54) is 36.4 Å². The molecule has 4 aromatic carbocycles. The van der Waals surface area contributed by atoms with Crippen LogP contribution in [0.1, 0.15) is 27.0 Å². The maximum atomic E-state index is 14.8. The van der Waals surface area contributed by atoms with E-state index >= 15 is 0 Å². The molecule has 2 aliphatic rings. The maximum Gasteiger partial charge on any atom is 0.340 e. The van der Waals surface area contributed by atoms with Crippen LogP contribution in [0.2, 0.25) is 0 Å². The van der Waals surface area contributed by atoms with Gasteiger partial charge in [0.05, 0.1) is 16.0 Å². The fraction of sp³-hybridized carbons (Fsp3) is 0.0385. The predicted molar refractivity (Wildman–Crippen MR) is 120 cm³/mol. The Morgan fingerprint density at radius 3 is 2.03 bits per heavy atom. The summed E-state index contributed by atoms with van der Waals surface area (Å²) in [7, 11) is -5.70. The molecule has 0 aromatic heterocycles. The Kier molecular flexibility index (Phi) is 5.02. The van der Waals surface area contributed by atoms with Gasteiger partial charge in [0.25, 0.3) is 0 Å². The van der Waals surface area contributed by atoms with E-state index in [1.807, 2.05) is 0 Å². The molecule has 2 N–H and O–H groups in total. The molecular formula is C26H11F5O7S. The average Bonchev–Trinajstić information content (AvgIpc) is 3.18. The zero-order chi connectivity index (χ0) is 28.0. The number of carbonyl (C=O) groups is 1. The third-order valence-corrected chi connectivity index (χ3v) is 8.26. The molecule has 0 aliphatic carbocycles. The van der Waals surface area contributed by atoms with Crippen molar-refractivity contribution in [3.05, 3.63) is 106 Å². The van der Waals surface area contributed by atoms with Crippen molar-refractivity contribution in [3.8, 4) is 23.0 Å².